The van der Waals surface area contributed by atoms with Crippen LogP contribution >= 0.6 is 7.82 Å². The van der Waals surface area contributed by atoms with E-state index in [1.54, 1.807) is 29.1 Å². The van der Waals surface area contributed by atoms with E-state index < -0.39 is 20.0 Å². The Morgan fingerprint density at radius 1 is 1.03 bits per heavy atom. The molecule has 2 fully saturated rings. The zero-order valence-corrected chi connectivity index (χ0v) is 22.4. The summed E-state index contributed by atoms with van der Waals surface area (Å²) in [6.45, 7) is 1.85. The minimum atomic E-state index is -4.71. The number of phosphoric acid groups is 1. The third-order valence-electron chi connectivity index (χ3n) is 7.08. The lowest BCUT2D eigenvalue weighted by molar-refractivity contribution is -0.201. The van der Waals surface area contributed by atoms with Crippen LogP contribution in [0.3, 0.4) is 0 Å². The second-order valence-electron chi connectivity index (χ2n) is 9.76. The maximum Gasteiger partial charge on any atom is 0.524 e. The van der Waals surface area contributed by atoms with Crippen LogP contribution in [-0.4, -0.2) is 79.7 Å². The van der Waals surface area contributed by atoms with Crippen LogP contribution in [0.15, 0.2) is 66.7 Å². The number of carbonyl (C=O) groups excluding carboxylic acids is 3. The summed E-state index contributed by atoms with van der Waals surface area (Å²) < 4.78 is 15.8. The molecule has 5 rings (SSSR count). The van der Waals surface area contributed by atoms with E-state index in [0.717, 1.165) is 16.3 Å². The molecule has 3 aromatic carbocycles. The molecule has 2 aliphatic rings. The van der Waals surface area contributed by atoms with E-state index in [4.69, 9.17) is 9.79 Å². The quantitative estimate of drug-likeness (QED) is 0.445. The first-order valence-electron chi connectivity index (χ1n) is 12.4. The topological polar surface area (TPSA) is 131 Å². The minimum absolute atomic E-state index is 0.0176. The fourth-order valence-electron chi connectivity index (χ4n) is 5.49. The molecule has 3 amide bonds. The van der Waals surface area contributed by atoms with Crippen molar-refractivity contribution in [1.82, 2.24) is 19.8 Å². The predicted molar refractivity (Wildman–Crippen MR) is 142 cm³/mol. The smallest absolute Gasteiger partial charge is 0.404 e. The van der Waals surface area contributed by atoms with Crippen LogP contribution in [0.2, 0.25) is 0 Å². The summed E-state index contributed by atoms with van der Waals surface area (Å²) in [5, 5.41) is 5.18. The van der Waals surface area contributed by atoms with Gasteiger partial charge in [0.2, 0.25) is 17.7 Å². The van der Waals surface area contributed by atoms with E-state index in [1.807, 2.05) is 42.5 Å². The molecule has 2 saturated heterocycles. The van der Waals surface area contributed by atoms with Crippen LogP contribution in [0, 0.1) is 0 Å². The highest BCUT2D eigenvalue weighted by Crippen LogP contribution is 2.37. The summed E-state index contributed by atoms with van der Waals surface area (Å²) in [6.07, 6.45) is -0.526. The van der Waals surface area contributed by atoms with Crippen molar-refractivity contribution in [3.63, 3.8) is 0 Å². The van der Waals surface area contributed by atoms with Crippen LogP contribution < -0.4 is 4.52 Å². The Bertz CT molecular complexity index is 1470. The summed E-state index contributed by atoms with van der Waals surface area (Å²) in [6, 6.07) is 19.0. The number of hydrazine groups is 1. The fourth-order valence-corrected chi connectivity index (χ4v) is 5.89. The summed E-state index contributed by atoms with van der Waals surface area (Å²) in [7, 11) is -3.04. The maximum atomic E-state index is 14.0. The molecule has 2 aliphatic heterocycles. The lowest BCUT2D eigenvalue weighted by Crippen LogP contribution is -2.75. The van der Waals surface area contributed by atoms with Gasteiger partial charge in [-0.05, 0) is 34.0 Å². The molecule has 3 aromatic rings. The fraction of sp³-hybridized carbons (Fsp3) is 0.296. The largest absolute Gasteiger partial charge is 0.524 e. The Balaban J connectivity index is 1.49. The van der Waals surface area contributed by atoms with Crippen LogP contribution in [0.5, 0.6) is 5.75 Å². The van der Waals surface area contributed by atoms with Gasteiger partial charge in [-0.25, -0.2) is 9.57 Å². The molecule has 11 nitrogen and oxygen atoms in total. The molecule has 0 aromatic heterocycles. The molecule has 2 atom stereocenters. The standard InChI is InChI=1S/C27H29N4O7P/c1-18(32)31-25-16-29(15-21-8-5-7-20-6-3-4-9-23(20)21)27(34)24(30(25)26(33)17-28(31)2)14-19-10-12-22(13-11-19)38-39(35,36)37/h3-13,24-25H,14-17H2,1-2H3,(H2,35,36,37)/t24-,25-/m0/s1. The molecule has 0 spiro atoms. The molecule has 2 heterocycles. The summed E-state index contributed by atoms with van der Waals surface area (Å²) >= 11 is 0. The number of likely N-dealkylation sites (N-methyl/N-ethyl adjacent to an activating group) is 1. The number of fused-ring (bicyclic) bond motifs is 2. The number of hydrogen-bond acceptors (Lipinski definition) is 6. The van der Waals surface area contributed by atoms with Crippen molar-refractivity contribution in [3.8, 4) is 5.75 Å². The second-order valence-corrected chi connectivity index (χ2v) is 10.9. The van der Waals surface area contributed by atoms with Gasteiger partial charge in [0.05, 0.1) is 13.1 Å². The first kappa shape index (κ1) is 26.8. The normalized spacial score (nSPS) is 20.4. The zero-order valence-electron chi connectivity index (χ0n) is 21.5. The van der Waals surface area contributed by atoms with E-state index in [2.05, 4.69) is 4.52 Å². The van der Waals surface area contributed by atoms with Crippen molar-refractivity contribution in [1.29, 1.82) is 0 Å². The number of nitrogens with zero attached hydrogens (tertiary/aromatic N) is 4. The average Bonchev–Trinajstić information content (AvgIpc) is 2.86. The number of amides is 3. The second kappa shape index (κ2) is 10.4. The summed E-state index contributed by atoms with van der Waals surface area (Å²) in [5.41, 5.74) is 1.62. The SMILES string of the molecule is CC(=O)N1[C@H]2CN(Cc3cccc4ccccc34)C(=O)[C@H](Cc3ccc(OP(=O)(O)O)cc3)N2C(=O)CN1C. The van der Waals surface area contributed by atoms with Gasteiger partial charge >= 0.3 is 7.82 Å². The van der Waals surface area contributed by atoms with Gasteiger partial charge in [0.1, 0.15) is 18.0 Å². The minimum Gasteiger partial charge on any atom is -0.404 e. The van der Waals surface area contributed by atoms with Gasteiger partial charge in [-0.2, -0.15) is 0 Å². The predicted octanol–water partition coefficient (Wildman–Crippen LogP) is 2.13. The third-order valence-corrected chi connectivity index (χ3v) is 7.53. The molecule has 0 saturated carbocycles. The van der Waals surface area contributed by atoms with Crippen molar-refractivity contribution in [3.05, 3.63) is 77.9 Å². The van der Waals surface area contributed by atoms with Gasteiger partial charge in [-0.1, -0.05) is 54.6 Å². The Hall–Kier alpha value is -3.76. The van der Waals surface area contributed by atoms with Gasteiger partial charge < -0.3 is 14.3 Å². The first-order chi connectivity index (χ1) is 18.5. The molecular weight excluding hydrogens is 523 g/mol. The third kappa shape index (κ3) is 5.53. The summed E-state index contributed by atoms with van der Waals surface area (Å²) in [5.74, 6) is -0.756. The van der Waals surface area contributed by atoms with Crippen molar-refractivity contribution in [2.75, 3.05) is 20.1 Å². The zero-order chi connectivity index (χ0) is 27.9. The van der Waals surface area contributed by atoms with Crippen LogP contribution in [-0.2, 0) is 31.9 Å². The number of benzene rings is 3. The molecule has 12 heteroatoms. The molecule has 0 radical (unpaired) electrons. The molecule has 0 bridgehead atoms. The highest BCUT2D eigenvalue weighted by molar-refractivity contribution is 7.46. The summed E-state index contributed by atoms with van der Waals surface area (Å²) in [4.78, 5) is 61.2. The monoisotopic (exact) mass is 552 g/mol. The number of phosphoric ester groups is 1. The number of hydrogen-bond donors (Lipinski definition) is 2. The van der Waals surface area contributed by atoms with Crippen LogP contribution in [0.25, 0.3) is 10.8 Å². The van der Waals surface area contributed by atoms with Gasteiger partial charge in [0, 0.05) is 26.9 Å². The van der Waals surface area contributed by atoms with E-state index >= 15 is 0 Å². The molecule has 204 valence electrons. The van der Waals surface area contributed by atoms with E-state index in [0.29, 0.717) is 12.1 Å². The Labute approximate surface area is 225 Å². The van der Waals surface area contributed by atoms with Crippen molar-refractivity contribution in [2.45, 2.75) is 32.1 Å². The van der Waals surface area contributed by atoms with Gasteiger partial charge in [0.15, 0.2) is 0 Å². The Morgan fingerprint density at radius 3 is 2.41 bits per heavy atom. The maximum absolute atomic E-state index is 14.0. The molecule has 0 unspecified atom stereocenters. The van der Waals surface area contributed by atoms with E-state index in [9.17, 15) is 18.9 Å². The van der Waals surface area contributed by atoms with Gasteiger partial charge in [-0.3, -0.25) is 29.2 Å². The first-order valence-corrected chi connectivity index (χ1v) is 14.0. The lowest BCUT2D eigenvalue weighted by Gasteiger charge is -2.54. The van der Waals surface area contributed by atoms with Crippen molar-refractivity contribution < 1.29 is 33.3 Å². The number of rotatable bonds is 6. The lowest BCUT2D eigenvalue weighted by atomic mass is 9.97. The highest BCUT2D eigenvalue weighted by atomic mass is 31.2. The average molecular weight is 553 g/mol. The van der Waals surface area contributed by atoms with Crippen molar-refractivity contribution in [2.24, 2.45) is 0 Å². The Kier molecular flexibility index (Phi) is 7.17. The van der Waals surface area contributed by atoms with Gasteiger partial charge in [0.25, 0.3) is 0 Å². The van der Waals surface area contributed by atoms with E-state index in [-0.39, 0.29) is 43.0 Å². The van der Waals surface area contributed by atoms with Crippen LogP contribution in [0.4, 0.5) is 0 Å². The van der Waals surface area contributed by atoms with Crippen LogP contribution in [0.1, 0.15) is 18.1 Å². The highest BCUT2D eigenvalue weighted by Gasteiger charge is 2.50. The molecule has 39 heavy (non-hydrogen) atoms. The molecule has 0 aliphatic carbocycles. The molecular formula is C27H29N4O7P. The molecule has 2 N–H and O–H groups in total. The van der Waals surface area contributed by atoms with Crippen molar-refractivity contribution >= 4 is 36.3 Å². The number of carbonyl (C=O) groups is 3. The van der Waals surface area contributed by atoms with Gasteiger partial charge in [-0.15, -0.1) is 0 Å². The van der Waals surface area contributed by atoms with E-state index in [1.165, 1.54) is 29.0 Å². The number of piperazine rings is 1. The Morgan fingerprint density at radius 2 is 1.72 bits per heavy atom.